The van der Waals surface area contributed by atoms with E-state index in [-0.39, 0.29) is 23.3 Å². The minimum absolute atomic E-state index is 0.147. The number of thioether (sulfide) groups is 1. The number of hydrogen-bond acceptors (Lipinski definition) is 4. The molecule has 2 aromatic rings. The van der Waals surface area contributed by atoms with E-state index in [1.54, 1.807) is 31.2 Å². The molecule has 0 fully saturated rings. The number of amides is 2. The SMILES string of the molecule is Cc1ccc(NC(=O)CSCC(=O)Nc2ccc(C(C)C(=O)O)cc2)cc1. The fraction of sp³-hybridized carbons (Fsp3) is 0.250. The van der Waals surface area contributed by atoms with E-state index in [2.05, 4.69) is 10.6 Å². The predicted octanol–water partition coefficient (Wildman–Crippen LogP) is 3.49. The Hall–Kier alpha value is -2.80. The number of carboxylic acids is 1. The Morgan fingerprint density at radius 1 is 0.889 bits per heavy atom. The van der Waals surface area contributed by atoms with Crippen LogP contribution in [-0.4, -0.2) is 34.4 Å². The summed E-state index contributed by atoms with van der Waals surface area (Å²) < 4.78 is 0. The van der Waals surface area contributed by atoms with Crippen molar-refractivity contribution in [2.24, 2.45) is 0 Å². The number of hydrogen-bond donors (Lipinski definition) is 3. The van der Waals surface area contributed by atoms with Gasteiger partial charge in [-0.15, -0.1) is 11.8 Å². The van der Waals surface area contributed by atoms with E-state index in [0.29, 0.717) is 11.3 Å². The van der Waals surface area contributed by atoms with Crippen molar-refractivity contribution < 1.29 is 19.5 Å². The van der Waals surface area contributed by atoms with Crippen LogP contribution in [0, 0.1) is 6.92 Å². The molecule has 0 saturated heterocycles. The summed E-state index contributed by atoms with van der Waals surface area (Å²) in [5, 5.41) is 14.5. The molecule has 2 aromatic carbocycles. The zero-order valence-corrected chi connectivity index (χ0v) is 16.0. The molecule has 2 rings (SSSR count). The first-order valence-electron chi connectivity index (χ1n) is 8.42. The Morgan fingerprint density at radius 2 is 1.33 bits per heavy atom. The number of nitrogens with one attached hydrogen (secondary N) is 2. The second-order valence-corrected chi connectivity index (χ2v) is 7.12. The summed E-state index contributed by atoms with van der Waals surface area (Å²) >= 11 is 1.22. The standard InChI is InChI=1S/C20H22N2O4S/c1-13-3-7-16(8-4-13)21-18(23)11-27-12-19(24)22-17-9-5-15(6-10-17)14(2)20(25)26/h3-10,14H,11-12H2,1-2H3,(H,21,23)(H,22,24)(H,25,26). The molecular weight excluding hydrogens is 364 g/mol. The van der Waals surface area contributed by atoms with Crippen LogP contribution in [-0.2, 0) is 14.4 Å². The minimum Gasteiger partial charge on any atom is -0.481 e. The van der Waals surface area contributed by atoms with Gasteiger partial charge in [0.25, 0.3) is 0 Å². The lowest BCUT2D eigenvalue weighted by Gasteiger charge is -2.09. The Balaban J connectivity index is 1.73. The van der Waals surface area contributed by atoms with Gasteiger partial charge in [0.05, 0.1) is 17.4 Å². The lowest BCUT2D eigenvalue weighted by Crippen LogP contribution is -2.18. The van der Waals surface area contributed by atoms with E-state index in [4.69, 9.17) is 5.11 Å². The maximum atomic E-state index is 12.0. The number of benzene rings is 2. The Bertz CT molecular complexity index is 804. The molecule has 0 bridgehead atoms. The van der Waals surface area contributed by atoms with Crippen molar-refractivity contribution in [3.05, 3.63) is 59.7 Å². The highest BCUT2D eigenvalue weighted by Gasteiger charge is 2.13. The molecule has 7 heteroatoms. The fourth-order valence-corrected chi connectivity index (χ4v) is 2.88. The zero-order chi connectivity index (χ0) is 19.8. The lowest BCUT2D eigenvalue weighted by molar-refractivity contribution is -0.138. The highest BCUT2D eigenvalue weighted by atomic mass is 32.2. The molecule has 0 aliphatic heterocycles. The quantitative estimate of drug-likeness (QED) is 0.645. The number of carbonyl (C=O) groups excluding carboxylic acids is 2. The maximum Gasteiger partial charge on any atom is 0.310 e. The minimum atomic E-state index is -0.896. The summed E-state index contributed by atoms with van der Waals surface area (Å²) in [7, 11) is 0. The van der Waals surface area contributed by atoms with Crippen LogP contribution in [0.15, 0.2) is 48.5 Å². The van der Waals surface area contributed by atoms with Crippen molar-refractivity contribution in [2.75, 3.05) is 22.1 Å². The summed E-state index contributed by atoms with van der Waals surface area (Å²) in [5.74, 6) is -1.56. The molecule has 0 saturated carbocycles. The first-order valence-corrected chi connectivity index (χ1v) is 9.57. The molecular formula is C20H22N2O4S. The highest BCUT2D eigenvalue weighted by Crippen LogP contribution is 2.18. The van der Waals surface area contributed by atoms with Crippen LogP contribution in [0.4, 0.5) is 11.4 Å². The normalized spacial score (nSPS) is 11.5. The van der Waals surface area contributed by atoms with Crippen LogP contribution < -0.4 is 10.6 Å². The van der Waals surface area contributed by atoms with Crippen LogP contribution in [0.1, 0.15) is 24.0 Å². The number of aryl methyl sites for hydroxylation is 1. The van der Waals surface area contributed by atoms with Gasteiger partial charge in [0, 0.05) is 11.4 Å². The van der Waals surface area contributed by atoms with Crippen LogP contribution >= 0.6 is 11.8 Å². The Morgan fingerprint density at radius 3 is 1.78 bits per heavy atom. The van der Waals surface area contributed by atoms with Gasteiger partial charge in [-0.1, -0.05) is 29.8 Å². The summed E-state index contributed by atoms with van der Waals surface area (Å²) in [6, 6.07) is 14.2. The van der Waals surface area contributed by atoms with E-state index in [0.717, 1.165) is 11.3 Å². The smallest absolute Gasteiger partial charge is 0.310 e. The van der Waals surface area contributed by atoms with Crippen molar-refractivity contribution in [2.45, 2.75) is 19.8 Å². The van der Waals surface area contributed by atoms with E-state index >= 15 is 0 Å². The summed E-state index contributed by atoms with van der Waals surface area (Å²) in [6.07, 6.45) is 0. The van der Waals surface area contributed by atoms with Crippen LogP contribution in [0.25, 0.3) is 0 Å². The topological polar surface area (TPSA) is 95.5 Å². The third kappa shape index (κ3) is 6.79. The lowest BCUT2D eigenvalue weighted by atomic mass is 10.0. The third-order valence-corrected chi connectivity index (χ3v) is 4.80. The van der Waals surface area contributed by atoms with Gasteiger partial charge in [-0.25, -0.2) is 0 Å². The number of carbonyl (C=O) groups is 3. The van der Waals surface area contributed by atoms with Crippen LogP contribution in [0.5, 0.6) is 0 Å². The molecule has 0 aliphatic carbocycles. The number of aliphatic carboxylic acids is 1. The first-order chi connectivity index (χ1) is 12.8. The second-order valence-electron chi connectivity index (χ2n) is 6.14. The molecule has 142 valence electrons. The van der Waals surface area contributed by atoms with Gasteiger partial charge in [0.15, 0.2) is 0 Å². The van der Waals surface area contributed by atoms with Gasteiger partial charge in [-0.2, -0.15) is 0 Å². The van der Waals surface area contributed by atoms with Crippen molar-refractivity contribution in [1.29, 1.82) is 0 Å². The fourth-order valence-electron chi connectivity index (χ4n) is 2.27. The molecule has 0 aliphatic rings. The van der Waals surface area contributed by atoms with Crippen molar-refractivity contribution in [3.8, 4) is 0 Å². The van der Waals surface area contributed by atoms with Gasteiger partial charge in [-0.3, -0.25) is 14.4 Å². The third-order valence-electron chi connectivity index (χ3n) is 3.87. The molecule has 6 nitrogen and oxygen atoms in total. The molecule has 1 atom stereocenters. The maximum absolute atomic E-state index is 12.0. The van der Waals surface area contributed by atoms with Gasteiger partial charge in [-0.05, 0) is 43.7 Å². The molecule has 1 unspecified atom stereocenters. The molecule has 0 spiro atoms. The summed E-state index contributed by atoms with van der Waals surface area (Å²) in [4.78, 5) is 34.8. The number of anilines is 2. The van der Waals surface area contributed by atoms with Crippen molar-refractivity contribution >= 4 is 40.9 Å². The van der Waals surface area contributed by atoms with Gasteiger partial charge < -0.3 is 15.7 Å². The molecule has 0 aromatic heterocycles. The monoisotopic (exact) mass is 386 g/mol. The largest absolute Gasteiger partial charge is 0.481 e. The molecule has 2 amide bonds. The Kier molecular flexibility index (Phi) is 7.43. The number of rotatable bonds is 8. The van der Waals surface area contributed by atoms with E-state index in [1.807, 2.05) is 31.2 Å². The molecule has 0 heterocycles. The zero-order valence-electron chi connectivity index (χ0n) is 15.2. The van der Waals surface area contributed by atoms with Crippen LogP contribution in [0.3, 0.4) is 0 Å². The Labute approximate surface area is 162 Å². The van der Waals surface area contributed by atoms with Gasteiger partial charge in [0.2, 0.25) is 11.8 Å². The second kappa shape index (κ2) is 9.78. The first kappa shape index (κ1) is 20.5. The van der Waals surface area contributed by atoms with E-state index in [9.17, 15) is 14.4 Å². The summed E-state index contributed by atoms with van der Waals surface area (Å²) in [5.41, 5.74) is 3.10. The van der Waals surface area contributed by atoms with Crippen molar-refractivity contribution in [3.63, 3.8) is 0 Å². The highest BCUT2D eigenvalue weighted by molar-refractivity contribution is 8.00. The molecule has 3 N–H and O–H groups in total. The predicted molar refractivity (Wildman–Crippen MR) is 108 cm³/mol. The molecule has 0 radical (unpaired) electrons. The van der Waals surface area contributed by atoms with Gasteiger partial charge in [0.1, 0.15) is 0 Å². The van der Waals surface area contributed by atoms with E-state index < -0.39 is 11.9 Å². The average molecular weight is 386 g/mol. The van der Waals surface area contributed by atoms with Crippen molar-refractivity contribution in [1.82, 2.24) is 0 Å². The van der Waals surface area contributed by atoms with Gasteiger partial charge >= 0.3 is 5.97 Å². The number of carboxylic acid groups (broad SMARTS) is 1. The summed E-state index contributed by atoms with van der Waals surface area (Å²) in [6.45, 7) is 3.58. The molecule has 27 heavy (non-hydrogen) atoms. The van der Waals surface area contributed by atoms with Crippen LogP contribution in [0.2, 0.25) is 0 Å². The van der Waals surface area contributed by atoms with E-state index in [1.165, 1.54) is 11.8 Å². The average Bonchev–Trinajstić information content (AvgIpc) is 2.63.